The van der Waals surface area contributed by atoms with Gasteiger partial charge in [0.25, 0.3) is 0 Å². The zero-order valence-corrected chi connectivity index (χ0v) is 11.6. The fourth-order valence-corrected chi connectivity index (χ4v) is 3.10. The molecule has 0 aromatic carbocycles. The number of thioether (sulfide) groups is 1. The van der Waals surface area contributed by atoms with E-state index in [0.29, 0.717) is 12.4 Å². The van der Waals surface area contributed by atoms with Crippen LogP contribution in [-0.4, -0.2) is 59.3 Å². The van der Waals surface area contributed by atoms with Crippen LogP contribution >= 0.6 is 11.8 Å². The smallest absolute Gasteiger partial charge is 0.230 e. The molecule has 7 heteroatoms. The third-order valence-corrected chi connectivity index (χ3v) is 4.31. The number of aliphatic hydroxyl groups excluding tert-OH is 1. The van der Waals surface area contributed by atoms with Crippen LogP contribution in [0.15, 0.2) is 29.4 Å². The number of amides is 1. The number of aromatic nitrogens is 1. The number of ether oxygens (including phenoxy) is 2. The molecule has 2 fully saturated rings. The standard InChI is InChI=1S/C13H16N2O4S/c16-9-6-19-12-8(5-18-13(9)12)15-10(17)7-20-11-3-1-2-4-14-11/h1-4,8-9,12-13,16H,5-7H2,(H,15,17)/t8-,9-,12-,13-/m1/s1. The monoisotopic (exact) mass is 296 g/mol. The van der Waals surface area contributed by atoms with Crippen LogP contribution in [0.4, 0.5) is 0 Å². The van der Waals surface area contributed by atoms with Crippen molar-refractivity contribution in [2.75, 3.05) is 19.0 Å². The van der Waals surface area contributed by atoms with Gasteiger partial charge in [-0.05, 0) is 12.1 Å². The summed E-state index contributed by atoms with van der Waals surface area (Å²) in [5.74, 6) is 0.216. The Labute approximate surface area is 120 Å². The molecule has 6 nitrogen and oxygen atoms in total. The molecular formula is C13H16N2O4S. The van der Waals surface area contributed by atoms with Crippen molar-refractivity contribution in [3.05, 3.63) is 24.4 Å². The van der Waals surface area contributed by atoms with E-state index >= 15 is 0 Å². The summed E-state index contributed by atoms with van der Waals surface area (Å²) in [6.07, 6.45) is 0.547. The van der Waals surface area contributed by atoms with Crippen molar-refractivity contribution >= 4 is 17.7 Å². The van der Waals surface area contributed by atoms with Crippen LogP contribution in [-0.2, 0) is 14.3 Å². The first-order chi connectivity index (χ1) is 9.74. The van der Waals surface area contributed by atoms with Crippen molar-refractivity contribution in [2.45, 2.75) is 29.4 Å². The van der Waals surface area contributed by atoms with E-state index in [-0.39, 0.29) is 30.8 Å². The number of rotatable bonds is 4. The number of hydrogen-bond donors (Lipinski definition) is 2. The van der Waals surface area contributed by atoms with Crippen LogP contribution in [0.3, 0.4) is 0 Å². The SMILES string of the molecule is O=C(CSc1ccccn1)N[C@@H]1CO[C@H]2[C@@H]1OC[C@H]2O. The minimum Gasteiger partial charge on any atom is -0.388 e. The van der Waals surface area contributed by atoms with Gasteiger partial charge < -0.3 is 19.9 Å². The van der Waals surface area contributed by atoms with Gasteiger partial charge in [0.2, 0.25) is 5.91 Å². The molecule has 0 unspecified atom stereocenters. The fraction of sp³-hybridized carbons (Fsp3) is 0.538. The molecule has 1 aromatic heterocycles. The van der Waals surface area contributed by atoms with Gasteiger partial charge in [-0.3, -0.25) is 4.79 Å². The Morgan fingerprint density at radius 2 is 2.25 bits per heavy atom. The minimum atomic E-state index is -0.593. The molecule has 20 heavy (non-hydrogen) atoms. The van der Waals surface area contributed by atoms with E-state index in [2.05, 4.69) is 10.3 Å². The molecule has 108 valence electrons. The van der Waals surface area contributed by atoms with Crippen LogP contribution in [0.25, 0.3) is 0 Å². The summed E-state index contributed by atoms with van der Waals surface area (Å²) in [5, 5.41) is 13.3. The lowest BCUT2D eigenvalue weighted by atomic mass is 10.1. The van der Waals surface area contributed by atoms with E-state index in [0.717, 1.165) is 5.03 Å². The second kappa shape index (κ2) is 6.09. The lowest BCUT2D eigenvalue weighted by Crippen LogP contribution is -2.44. The largest absolute Gasteiger partial charge is 0.388 e. The molecule has 0 aliphatic carbocycles. The molecule has 2 N–H and O–H groups in total. The van der Waals surface area contributed by atoms with Crippen LogP contribution in [0.1, 0.15) is 0 Å². The van der Waals surface area contributed by atoms with E-state index < -0.39 is 6.10 Å². The maximum absolute atomic E-state index is 11.9. The van der Waals surface area contributed by atoms with Crippen molar-refractivity contribution in [1.82, 2.24) is 10.3 Å². The first kappa shape index (κ1) is 13.8. The number of pyridine rings is 1. The number of aliphatic hydroxyl groups is 1. The lowest BCUT2D eigenvalue weighted by molar-refractivity contribution is -0.119. The summed E-state index contributed by atoms with van der Waals surface area (Å²) < 4.78 is 10.9. The average Bonchev–Trinajstić information content (AvgIpc) is 3.02. The van der Waals surface area contributed by atoms with Gasteiger partial charge in [-0.2, -0.15) is 0 Å². The van der Waals surface area contributed by atoms with Crippen molar-refractivity contribution in [3.63, 3.8) is 0 Å². The van der Waals surface area contributed by atoms with Crippen LogP contribution in [0.2, 0.25) is 0 Å². The third-order valence-electron chi connectivity index (χ3n) is 3.36. The minimum absolute atomic E-state index is 0.0834. The maximum atomic E-state index is 11.9. The number of nitrogens with one attached hydrogen (secondary N) is 1. The zero-order valence-electron chi connectivity index (χ0n) is 10.8. The van der Waals surface area contributed by atoms with E-state index in [1.54, 1.807) is 6.20 Å². The summed E-state index contributed by atoms with van der Waals surface area (Å²) in [5.41, 5.74) is 0. The number of carbonyl (C=O) groups excluding carboxylic acids is 1. The summed E-state index contributed by atoms with van der Waals surface area (Å²) in [6, 6.07) is 5.40. The Balaban J connectivity index is 1.48. The Morgan fingerprint density at radius 3 is 3.05 bits per heavy atom. The number of hydrogen-bond acceptors (Lipinski definition) is 6. The number of nitrogens with zero attached hydrogens (tertiary/aromatic N) is 1. The highest BCUT2D eigenvalue weighted by Gasteiger charge is 2.47. The van der Waals surface area contributed by atoms with Gasteiger partial charge in [0.1, 0.15) is 18.3 Å². The highest BCUT2D eigenvalue weighted by Crippen LogP contribution is 2.27. The molecule has 4 atom stereocenters. The summed E-state index contributed by atoms with van der Waals surface area (Å²) in [4.78, 5) is 16.1. The maximum Gasteiger partial charge on any atom is 0.230 e. The lowest BCUT2D eigenvalue weighted by Gasteiger charge is -2.17. The predicted molar refractivity (Wildman–Crippen MR) is 72.4 cm³/mol. The highest BCUT2D eigenvalue weighted by molar-refractivity contribution is 7.99. The van der Waals surface area contributed by atoms with Gasteiger partial charge in [-0.15, -0.1) is 0 Å². The summed E-state index contributed by atoms with van der Waals surface area (Å²) >= 11 is 1.38. The van der Waals surface area contributed by atoms with Crippen molar-refractivity contribution in [3.8, 4) is 0 Å². The van der Waals surface area contributed by atoms with E-state index in [4.69, 9.17) is 9.47 Å². The summed E-state index contributed by atoms with van der Waals surface area (Å²) in [7, 11) is 0. The van der Waals surface area contributed by atoms with Gasteiger partial charge in [0.05, 0.1) is 30.0 Å². The average molecular weight is 296 g/mol. The van der Waals surface area contributed by atoms with Gasteiger partial charge in [-0.25, -0.2) is 4.98 Å². The molecule has 2 aliphatic heterocycles. The molecule has 0 bridgehead atoms. The fourth-order valence-electron chi connectivity index (χ4n) is 2.42. The predicted octanol–water partition coefficient (Wildman–Crippen LogP) is -0.183. The quantitative estimate of drug-likeness (QED) is 0.750. The summed E-state index contributed by atoms with van der Waals surface area (Å²) in [6.45, 7) is 0.650. The second-order valence-corrected chi connectivity index (χ2v) is 5.79. The van der Waals surface area contributed by atoms with Crippen LogP contribution < -0.4 is 5.32 Å². The topological polar surface area (TPSA) is 80.7 Å². The molecule has 3 rings (SSSR count). The molecule has 1 aromatic rings. The van der Waals surface area contributed by atoms with Gasteiger partial charge in [0, 0.05) is 6.20 Å². The third kappa shape index (κ3) is 2.95. The van der Waals surface area contributed by atoms with Crippen molar-refractivity contribution in [2.24, 2.45) is 0 Å². The van der Waals surface area contributed by atoms with Crippen molar-refractivity contribution in [1.29, 1.82) is 0 Å². The first-order valence-electron chi connectivity index (χ1n) is 6.48. The van der Waals surface area contributed by atoms with Gasteiger partial charge in [-0.1, -0.05) is 17.8 Å². The van der Waals surface area contributed by atoms with Gasteiger partial charge in [0.15, 0.2) is 0 Å². The highest BCUT2D eigenvalue weighted by atomic mass is 32.2. The van der Waals surface area contributed by atoms with Crippen LogP contribution in [0, 0.1) is 0 Å². The Hall–Kier alpha value is -1.15. The zero-order chi connectivity index (χ0) is 13.9. The number of carbonyl (C=O) groups is 1. The number of fused-ring (bicyclic) bond motifs is 1. The second-order valence-electron chi connectivity index (χ2n) is 4.79. The van der Waals surface area contributed by atoms with Gasteiger partial charge >= 0.3 is 0 Å². The Kier molecular flexibility index (Phi) is 4.21. The van der Waals surface area contributed by atoms with E-state index in [1.165, 1.54) is 11.8 Å². The molecular weight excluding hydrogens is 280 g/mol. The molecule has 1 amide bonds. The first-order valence-corrected chi connectivity index (χ1v) is 7.47. The van der Waals surface area contributed by atoms with E-state index in [9.17, 15) is 9.90 Å². The normalized spacial score (nSPS) is 32.0. The Morgan fingerprint density at radius 1 is 1.40 bits per heavy atom. The van der Waals surface area contributed by atoms with Crippen molar-refractivity contribution < 1.29 is 19.4 Å². The molecule has 0 radical (unpaired) electrons. The van der Waals surface area contributed by atoms with E-state index in [1.807, 2.05) is 18.2 Å². The molecule has 2 saturated heterocycles. The molecule has 0 spiro atoms. The van der Waals surface area contributed by atoms with Crippen LogP contribution in [0.5, 0.6) is 0 Å². The Bertz CT molecular complexity index is 473. The molecule has 3 heterocycles. The molecule has 2 aliphatic rings. The molecule has 0 saturated carbocycles.